The molecule has 0 saturated heterocycles. The predicted octanol–water partition coefficient (Wildman–Crippen LogP) is 2.42. The summed E-state index contributed by atoms with van der Waals surface area (Å²) in [6, 6.07) is 5.94. The first-order chi connectivity index (χ1) is 9.79. The Morgan fingerprint density at radius 3 is 2.48 bits per heavy atom. The maximum atomic E-state index is 10.4. The van der Waals surface area contributed by atoms with Crippen LogP contribution in [0, 0.1) is 12.3 Å². The van der Waals surface area contributed by atoms with Crippen LogP contribution in [0.5, 0.6) is 5.75 Å². The summed E-state index contributed by atoms with van der Waals surface area (Å²) in [4.78, 5) is 0. The average molecular weight is 295 g/mol. The van der Waals surface area contributed by atoms with Gasteiger partial charge in [-0.05, 0) is 30.9 Å². The molecule has 0 amide bonds. The summed E-state index contributed by atoms with van der Waals surface area (Å²) in [7, 11) is 1.61. The lowest BCUT2D eigenvalue weighted by Gasteiger charge is -2.32. The number of hydrogen-bond acceptors (Lipinski definition) is 4. The minimum atomic E-state index is -0.636. The molecular formula is C17H29NO3. The van der Waals surface area contributed by atoms with Gasteiger partial charge in [0.15, 0.2) is 0 Å². The van der Waals surface area contributed by atoms with Crippen LogP contribution in [0.1, 0.15) is 44.4 Å². The number of rotatable bonds is 7. The molecule has 0 aliphatic rings. The highest BCUT2D eigenvalue weighted by Crippen LogP contribution is 2.27. The first-order valence-corrected chi connectivity index (χ1v) is 7.46. The Hall–Kier alpha value is -1.10. The zero-order chi connectivity index (χ0) is 16.0. The molecule has 4 nitrogen and oxygen atoms in total. The second-order valence-corrected chi connectivity index (χ2v) is 6.60. The van der Waals surface area contributed by atoms with Crippen molar-refractivity contribution in [3.8, 4) is 5.75 Å². The van der Waals surface area contributed by atoms with Gasteiger partial charge in [0.25, 0.3) is 0 Å². The molecule has 1 aromatic carbocycles. The number of benzene rings is 1. The highest BCUT2D eigenvalue weighted by atomic mass is 16.5. The number of ether oxygens (including phenoxy) is 1. The molecule has 1 aromatic rings. The van der Waals surface area contributed by atoms with Crippen molar-refractivity contribution in [1.29, 1.82) is 0 Å². The molecule has 0 heterocycles. The Kier molecular flexibility index (Phi) is 6.65. The molecule has 3 N–H and O–H groups in total. The van der Waals surface area contributed by atoms with Gasteiger partial charge in [0, 0.05) is 24.8 Å². The highest BCUT2D eigenvalue weighted by Gasteiger charge is 2.25. The van der Waals surface area contributed by atoms with Crippen molar-refractivity contribution in [2.75, 3.05) is 20.3 Å². The number of aliphatic hydroxyl groups excluding tert-OH is 2. The van der Waals surface area contributed by atoms with Crippen LogP contribution in [-0.2, 0) is 0 Å². The van der Waals surface area contributed by atoms with Gasteiger partial charge < -0.3 is 20.3 Å². The fraction of sp³-hybridized carbons (Fsp3) is 0.647. The Labute approximate surface area is 128 Å². The topological polar surface area (TPSA) is 61.7 Å². The Morgan fingerprint density at radius 1 is 1.29 bits per heavy atom. The number of methoxy groups -OCH3 is 1. The summed E-state index contributed by atoms with van der Waals surface area (Å²) in [6.45, 7) is 8.94. The van der Waals surface area contributed by atoms with Gasteiger partial charge in [-0.2, -0.15) is 0 Å². The fourth-order valence-electron chi connectivity index (χ4n) is 2.45. The van der Waals surface area contributed by atoms with Gasteiger partial charge in [0.1, 0.15) is 5.75 Å². The van der Waals surface area contributed by atoms with E-state index in [0.717, 1.165) is 11.1 Å². The number of aryl methyl sites for hydroxylation is 1. The summed E-state index contributed by atoms with van der Waals surface area (Å²) in [5, 5.41) is 23.0. The molecule has 0 fully saturated rings. The molecule has 1 rings (SSSR count). The van der Waals surface area contributed by atoms with Gasteiger partial charge in [-0.25, -0.2) is 0 Å². The van der Waals surface area contributed by atoms with Gasteiger partial charge in [0.2, 0.25) is 0 Å². The maximum Gasteiger partial charge on any atom is 0.124 e. The predicted molar refractivity (Wildman–Crippen MR) is 85.6 cm³/mol. The van der Waals surface area contributed by atoms with Gasteiger partial charge >= 0.3 is 0 Å². The van der Waals surface area contributed by atoms with Gasteiger partial charge in [-0.1, -0.05) is 32.4 Å². The molecule has 0 aliphatic heterocycles. The number of aliphatic hydroxyl groups is 2. The normalized spacial score (nSPS) is 14.8. The number of nitrogens with one attached hydrogen (secondary N) is 1. The first kappa shape index (κ1) is 18.0. The molecule has 21 heavy (non-hydrogen) atoms. The quantitative estimate of drug-likeness (QED) is 0.723. The molecule has 0 aliphatic carbocycles. The molecule has 0 spiro atoms. The summed E-state index contributed by atoms with van der Waals surface area (Å²) in [6.07, 6.45) is 0.0321. The van der Waals surface area contributed by atoms with Crippen LogP contribution in [0.25, 0.3) is 0 Å². The van der Waals surface area contributed by atoms with Crippen molar-refractivity contribution in [2.24, 2.45) is 5.41 Å². The van der Waals surface area contributed by atoms with Crippen molar-refractivity contribution < 1.29 is 14.9 Å². The van der Waals surface area contributed by atoms with Crippen LogP contribution in [0.15, 0.2) is 18.2 Å². The molecule has 2 unspecified atom stereocenters. The summed E-state index contributed by atoms with van der Waals surface area (Å²) < 4.78 is 5.32. The van der Waals surface area contributed by atoms with E-state index in [2.05, 4.69) is 26.1 Å². The minimum Gasteiger partial charge on any atom is -0.496 e. The van der Waals surface area contributed by atoms with E-state index in [0.29, 0.717) is 18.7 Å². The first-order valence-electron chi connectivity index (χ1n) is 7.46. The highest BCUT2D eigenvalue weighted by molar-refractivity contribution is 5.38. The van der Waals surface area contributed by atoms with E-state index < -0.39 is 6.10 Å². The second-order valence-electron chi connectivity index (χ2n) is 6.60. The van der Waals surface area contributed by atoms with Crippen molar-refractivity contribution in [2.45, 2.75) is 46.3 Å². The molecule has 2 atom stereocenters. The van der Waals surface area contributed by atoms with Crippen molar-refractivity contribution in [1.82, 2.24) is 5.32 Å². The lowest BCUT2D eigenvalue weighted by atomic mass is 9.84. The summed E-state index contributed by atoms with van der Waals surface area (Å²) in [5.74, 6) is 0.698. The SMILES string of the molecule is COc1ccc(C)cc1C(O)CNC(CCO)C(C)(C)C. The van der Waals surface area contributed by atoms with Gasteiger partial charge in [-0.3, -0.25) is 0 Å². The lowest BCUT2D eigenvalue weighted by molar-refractivity contribution is 0.140. The monoisotopic (exact) mass is 295 g/mol. The van der Waals surface area contributed by atoms with E-state index in [1.165, 1.54) is 0 Å². The largest absolute Gasteiger partial charge is 0.496 e. The maximum absolute atomic E-state index is 10.4. The Morgan fingerprint density at radius 2 is 1.95 bits per heavy atom. The van der Waals surface area contributed by atoms with E-state index in [1.807, 2.05) is 25.1 Å². The molecule has 0 radical (unpaired) electrons. The van der Waals surface area contributed by atoms with Crippen LogP contribution < -0.4 is 10.1 Å². The van der Waals surface area contributed by atoms with E-state index in [4.69, 9.17) is 4.74 Å². The third kappa shape index (κ3) is 5.30. The van der Waals surface area contributed by atoms with Crippen LogP contribution in [0.2, 0.25) is 0 Å². The van der Waals surface area contributed by atoms with Crippen molar-refractivity contribution >= 4 is 0 Å². The van der Waals surface area contributed by atoms with E-state index in [9.17, 15) is 10.2 Å². The molecule has 0 aromatic heterocycles. The van der Waals surface area contributed by atoms with E-state index in [-0.39, 0.29) is 18.1 Å². The Bertz CT molecular complexity index is 440. The molecule has 120 valence electrons. The van der Waals surface area contributed by atoms with Gasteiger partial charge in [-0.15, -0.1) is 0 Å². The minimum absolute atomic E-state index is 0.0269. The van der Waals surface area contributed by atoms with Crippen LogP contribution in [0.3, 0.4) is 0 Å². The van der Waals surface area contributed by atoms with E-state index in [1.54, 1.807) is 7.11 Å². The van der Waals surface area contributed by atoms with E-state index >= 15 is 0 Å². The average Bonchev–Trinajstić information content (AvgIpc) is 2.41. The second kappa shape index (κ2) is 7.78. The molecule has 4 heteroatoms. The standard InChI is InChI=1S/C17H29NO3/c1-12-6-7-15(21-5)13(10-12)14(20)11-18-16(8-9-19)17(2,3)4/h6-7,10,14,16,18-20H,8-9,11H2,1-5H3. The molecule has 0 bridgehead atoms. The third-order valence-corrected chi connectivity index (χ3v) is 3.76. The zero-order valence-corrected chi connectivity index (χ0v) is 13.8. The van der Waals surface area contributed by atoms with Crippen LogP contribution >= 0.6 is 0 Å². The summed E-state index contributed by atoms with van der Waals surface area (Å²) in [5.41, 5.74) is 1.91. The lowest BCUT2D eigenvalue weighted by Crippen LogP contribution is -2.42. The Balaban J connectivity index is 2.76. The zero-order valence-electron chi connectivity index (χ0n) is 13.8. The fourth-order valence-corrected chi connectivity index (χ4v) is 2.45. The molecule has 0 saturated carbocycles. The number of hydrogen-bond donors (Lipinski definition) is 3. The summed E-state index contributed by atoms with van der Waals surface area (Å²) >= 11 is 0. The van der Waals surface area contributed by atoms with Gasteiger partial charge in [0.05, 0.1) is 13.2 Å². The van der Waals surface area contributed by atoms with Crippen molar-refractivity contribution in [3.63, 3.8) is 0 Å². The van der Waals surface area contributed by atoms with Crippen LogP contribution in [0.4, 0.5) is 0 Å². The molecular weight excluding hydrogens is 266 g/mol. The smallest absolute Gasteiger partial charge is 0.124 e. The van der Waals surface area contributed by atoms with Crippen molar-refractivity contribution in [3.05, 3.63) is 29.3 Å². The third-order valence-electron chi connectivity index (χ3n) is 3.76. The van der Waals surface area contributed by atoms with Crippen LogP contribution in [-0.4, -0.2) is 36.5 Å².